The van der Waals surface area contributed by atoms with Crippen molar-refractivity contribution in [3.8, 4) is 5.75 Å². The van der Waals surface area contributed by atoms with E-state index in [9.17, 15) is 4.79 Å². The van der Waals surface area contributed by atoms with Crippen LogP contribution in [0.2, 0.25) is 5.02 Å². The quantitative estimate of drug-likeness (QED) is 0.608. The fourth-order valence-corrected chi connectivity index (χ4v) is 3.41. The van der Waals surface area contributed by atoms with Crippen molar-refractivity contribution in [1.29, 1.82) is 0 Å². The van der Waals surface area contributed by atoms with Gasteiger partial charge in [-0.25, -0.2) is 4.98 Å². The summed E-state index contributed by atoms with van der Waals surface area (Å²) in [5.41, 5.74) is 4.54. The number of carbonyl (C=O) groups excluding carboxylic acids is 1. The Labute approximate surface area is 180 Å². The Balaban J connectivity index is 1.34. The summed E-state index contributed by atoms with van der Waals surface area (Å²) in [6, 6.07) is 16.5. The van der Waals surface area contributed by atoms with Crippen LogP contribution in [0.1, 0.15) is 15.9 Å². The molecule has 2 aromatic carbocycles. The first-order valence-electron chi connectivity index (χ1n) is 9.60. The Kier molecular flexibility index (Phi) is 5.72. The van der Waals surface area contributed by atoms with Crippen LogP contribution in [-0.4, -0.2) is 47.1 Å². The number of hydrazine groups is 1. The summed E-state index contributed by atoms with van der Waals surface area (Å²) in [6.07, 6.45) is 1.75. The molecule has 8 heteroatoms. The molecular weight excluding hydrogens is 402 g/mol. The van der Waals surface area contributed by atoms with Gasteiger partial charge >= 0.3 is 0 Å². The fourth-order valence-electron chi connectivity index (χ4n) is 3.18. The van der Waals surface area contributed by atoms with Gasteiger partial charge in [0.05, 0.1) is 13.1 Å². The number of benzene rings is 2. The van der Waals surface area contributed by atoms with Crippen LogP contribution < -0.4 is 15.1 Å². The van der Waals surface area contributed by atoms with Crippen molar-refractivity contribution in [2.45, 2.75) is 13.0 Å². The van der Waals surface area contributed by atoms with Crippen LogP contribution in [0.25, 0.3) is 0 Å². The molecule has 3 aromatic rings. The number of amides is 1. The van der Waals surface area contributed by atoms with E-state index in [0.29, 0.717) is 16.5 Å². The third-order valence-electron chi connectivity index (χ3n) is 4.84. The molecule has 1 fully saturated rings. The van der Waals surface area contributed by atoms with Gasteiger partial charge in [-0.2, -0.15) is 4.98 Å². The summed E-state index contributed by atoms with van der Waals surface area (Å²) in [5, 5.41) is 2.08. The highest BCUT2D eigenvalue weighted by Gasteiger charge is 2.30. The van der Waals surface area contributed by atoms with Crippen LogP contribution in [0.15, 0.2) is 60.8 Å². The summed E-state index contributed by atoms with van der Waals surface area (Å²) in [6.45, 7) is 3.42. The number of halogens is 1. The Morgan fingerprint density at radius 1 is 1.20 bits per heavy atom. The van der Waals surface area contributed by atoms with Gasteiger partial charge < -0.3 is 9.64 Å². The van der Waals surface area contributed by atoms with Crippen LogP contribution >= 0.6 is 11.6 Å². The maximum Gasteiger partial charge on any atom is 0.272 e. The van der Waals surface area contributed by atoms with E-state index in [1.807, 2.05) is 49.4 Å². The largest absolute Gasteiger partial charge is 0.486 e. The van der Waals surface area contributed by atoms with Crippen molar-refractivity contribution in [3.05, 3.63) is 76.9 Å². The number of rotatable bonds is 6. The molecule has 1 amide bonds. The number of hydrogen-bond donors (Lipinski definition) is 1. The van der Waals surface area contributed by atoms with Gasteiger partial charge in [0.2, 0.25) is 5.95 Å². The molecule has 2 heterocycles. The maximum atomic E-state index is 12.5. The lowest BCUT2D eigenvalue weighted by Crippen LogP contribution is -2.54. The molecule has 0 aliphatic carbocycles. The topological polar surface area (TPSA) is 70.6 Å². The number of nitrogens with zero attached hydrogens (tertiary/aromatic N) is 4. The molecule has 0 spiro atoms. The lowest BCUT2D eigenvalue weighted by Gasteiger charge is -2.40. The average molecular weight is 424 g/mol. The van der Waals surface area contributed by atoms with E-state index >= 15 is 0 Å². The van der Waals surface area contributed by atoms with E-state index in [1.54, 1.807) is 25.4 Å². The molecule has 1 aliphatic heterocycles. The summed E-state index contributed by atoms with van der Waals surface area (Å²) in [7, 11) is 1.65. The molecule has 4 rings (SSSR count). The van der Waals surface area contributed by atoms with Crippen molar-refractivity contribution in [1.82, 2.24) is 15.0 Å². The van der Waals surface area contributed by atoms with E-state index in [0.717, 1.165) is 30.2 Å². The number of ether oxygens (including phenoxy) is 1. The Morgan fingerprint density at radius 3 is 2.70 bits per heavy atom. The number of carbonyl (C=O) groups is 1. The highest BCUT2D eigenvalue weighted by molar-refractivity contribution is 6.30. The van der Waals surface area contributed by atoms with Gasteiger partial charge in [-0.1, -0.05) is 29.8 Å². The van der Waals surface area contributed by atoms with Crippen molar-refractivity contribution in [2.24, 2.45) is 0 Å². The molecule has 0 radical (unpaired) electrons. The van der Waals surface area contributed by atoms with Gasteiger partial charge in [0.1, 0.15) is 17.7 Å². The highest BCUT2D eigenvalue weighted by atomic mass is 35.5. The van der Waals surface area contributed by atoms with Crippen molar-refractivity contribution in [2.75, 3.05) is 30.5 Å². The zero-order chi connectivity index (χ0) is 21.1. The van der Waals surface area contributed by atoms with Gasteiger partial charge in [-0.05, 0) is 48.9 Å². The monoisotopic (exact) mass is 423 g/mol. The smallest absolute Gasteiger partial charge is 0.272 e. The average Bonchev–Trinajstić information content (AvgIpc) is 2.72. The molecule has 154 valence electrons. The highest BCUT2D eigenvalue weighted by Crippen LogP contribution is 2.27. The number of hydrogen-bond acceptors (Lipinski definition) is 6. The molecule has 0 saturated carbocycles. The minimum Gasteiger partial charge on any atom is -0.486 e. The SMILES string of the molecule is Cc1cc(Cl)ccc1OC1CN(c2ccnc(NN(C)C(=O)c3ccccc3)n2)C1. The first-order valence-corrected chi connectivity index (χ1v) is 9.98. The van der Waals surface area contributed by atoms with Crippen molar-refractivity contribution >= 4 is 29.3 Å². The zero-order valence-electron chi connectivity index (χ0n) is 16.7. The molecule has 0 atom stereocenters. The zero-order valence-corrected chi connectivity index (χ0v) is 17.5. The van der Waals surface area contributed by atoms with E-state index in [-0.39, 0.29) is 12.0 Å². The lowest BCUT2D eigenvalue weighted by atomic mass is 10.1. The molecule has 1 N–H and O–H groups in total. The Bertz CT molecular complexity index is 1040. The van der Waals surface area contributed by atoms with Crippen molar-refractivity contribution < 1.29 is 9.53 Å². The standard InChI is InChI=1S/C22H22ClN5O2/c1-15-12-17(23)8-9-19(15)30-18-13-28(14-18)20-10-11-24-22(25-20)26-27(2)21(29)16-6-4-3-5-7-16/h3-12,18H,13-14H2,1-2H3,(H,24,25,26). The molecular formula is C22H22ClN5O2. The van der Waals surface area contributed by atoms with Gasteiger partial charge in [0, 0.05) is 23.8 Å². The molecule has 30 heavy (non-hydrogen) atoms. The predicted octanol–water partition coefficient (Wildman–Crippen LogP) is 3.81. The van der Waals surface area contributed by atoms with Crippen LogP contribution in [-0.2, 0) is 0 Å². The van der Waals surface area contributed by atoms with Gasteiger partial charge in [-0.15, -0.1) is 0 Å². The fraction of sp³-hybridized carbons (Fsp3) is 0.227. The van der Waals surface area contributed by atoms with Gasteiger partial charge in [0.15, 0.2) is 0 Å². The molecule has 0 unspecified atom stereocenters. The molecule has 0 bridgehead atoms. The van der Waals surface area contributed by atoms with Crippen LogP contribution in [0.3, 0.4) is 0 Å². The van der Waals surface area contributed by atoms with E-state index < -0.39 is 0 Å². The first kappa shape index (κ1) is 20.0. The van der Waals surface area contributed by atoms with E-state index in [1.165, 1.54) is 5.01 Å². The Hall–Kier alpha value is -3.32. The summed E-state index contributed by atoms with van der Waals surface area (Å²) in [4.78, 5) is 23.3. The molecule has 1 saturated heterocycles. The number of anilines is 2. The third-order valence-corrected chi connectivity index (χ3v) is 5.07. The normalized spacial score (nSPS) is 13.5. The van der Waals surface area contributed by atoms with Gasteiger partial charge in [0.25, 0.3) is 5.91 Å². The maximum absolute atomic E-state index is 12.5. The van der Waals surface area contributed by atoms with E-state index in [4.69, 9.17) is 16.3 Å². The lowest BCUT2D eigenvalue weighted by molar-refractivity contribution is 0.0825. The number of aryl methyl sites for hydroxylation is 1. The summed E-state index contributed by atoms with van der Waals surface area (Å²) < 4.78 is 6.05. The van der Waals surface area contributed by atoms with Crippen LogP contribution in [0, 0.1) is 6.92 Å². The Morgan fingerprint density at radius 2 is 1.97 bits per heavy atom. The second-order valence-electron chi connectivity index (χ2n) is 7.14. The summed E-state index contributed by atoms with van der Waals surface area (Å²) in [5.74, 6) is 1.81. The molecule has 7 nitrogen and oxygen atoms in total. The predicted molar refractivity (Wildman–Crippen MR) is 117 cm³/mol. The molecule has 1 aliphatic rings. The number of nitrogens with one attached hydrogen (secondary N) is 1. The first-order chi connectivity index (χ1) is 14.5. The second kappa shape index (κ2) is 8.59. The minimum absolute atomic E-state index is 0.0820. The number of aromatic nitrogens is 2. The van der Waals surface area contributed by atoms with Crippen molar-refractivity contribution in [3.63, 3.8) is 0 Å². The summed E-state index contributed by atoms with van der Waals surface area (Å²) >= 11 is 6.00. The second-order valence-corrected chi connectivity index (χ2v) is 7.57. The molecule has 1 aromatic heterocycles. The van der Waals surface area contributed by atoms with Gasteiger partial charge in [-0.3, -0.25) is 15.2 Å². The van der Waals surface area contributed by atoms with Crippen LogP contribution in [0.4, 0.5) is 11.8 Å². The van der Waals surface area contributed by atoms with Crippen LogP contribution in [0.5, 0.6) is 5.75 Å². The van der Waals surface area contributed by atoms with E-state index in [2.05, 4.69) is 20.3 Å². The minimum atomic E-state index is -0.166. The third kappa shape index (κ3) is 4.46.